The van der Waals surface area contributed by atoms with Crippen LogP contribution in [0.1, 0.15) is 25.8 Å². The van der Waals surface area contributed by atoms with Gasteiger partial charge in [-0.05, 0) is 37.0 Å². The molecular formula is C12H12ClFN2S. The summed E-state index contributed by atoms with van der Waals surface area (Å²) in [7, 11) is 0. The fourth-order valence-electron chi connectivity index (χ4n) is 2.55. The molecule has 5 heteroatoms. The van der Waals surface area contributed by atoms with Crippen molar-refractivity contribution in [2.45, 2.75) is 25.8 Å². The monoisotopic (exact) mass is 270 g/mol. The van der Waals surface area contributed by atoms with E-state index in [4.69, 9.17) is 23.8 Å². The maximum atomic E-state index is 13.5. The molecule has 1 aliphatic rings. The fraction of sp³-hybridized carbons (Fsp3) is 0.417. The van der Waals surface area contributed by atoms with Crippen LogP contribution in [0, 0.1) is 16.5 Å². The van der Waals surface area contributed by atoms with Crippen molar-refractivity contribution in [3.63, 3.8) is 0 Å². The molecule has 17 heavy (non-hydrogen) atoms. The van der Waals surface area contributed by atoms with Crippen LogP contribution in [0.2, 0.25) is 5.02 Å². The van der Waals surface area contributed by atoms with Gasteiger partial charge in [0.2, 0.25) is 0 Å². The number of imidazole rings is 1. The summed E-state index contributed by atoms with van der Waals surface area (Å²) in [5, 5.41) is 0.128. The van der Waals surface area contributed by atoms with Gasteiger partial charge in [0, 0.05) is 12.1 Å². The summed E-state index contributed by atoms with van der Waals surface area (Å²) in [6.07, 6.45) is 2.21. The van der Waals surface area contributed by atoms with Gasteiger partial charge in [-0.2, -0.15) is 0 Å². The van der Waals surface area contributed by atoms with Crippen LogP contribution in [0.5, 0.6) is 0 Å². The molecule has 1 N–H and O–H groups in total. The van der Waals surface area contributed by atoms with E-state index in [0.717, 1.165) is 29.8 Å². The first-order valence-corrected chi connectivity index (χ1v) is 6.44. The largest absolute Gasteiger partial charge is 0.331 e. The quantitative estimate of drug-likeness (QED) is 0.759. The number of aromatic amines is 1. The highest BCUT2D eigenvalue weighted by atomic mass is 35.5. The van der Waals surface area contributed by atoms with Gasteiger partial charge in [0.1, 0.15) is 5.82 Å². The molecule has 1 fully saturated rings. The van der Waals surface area contributed by atoms with E-state index < -0.39 is 5.82 Å². The van der Waals surface area contributed by atoms with Crippen LogP contribution in [0.25, 0.3) is 11.0 Å². The first-order chi connectivity index (χ1) is 8.06. The standard InChI is InChI=1S/C12H12ClFN2S/c1-6-2-7(3-6)16-11-5-9(14)8(13)4-10(11)15-12(16)17/h4-7H,2-3H2,1H3,(H,15,17). The maximum absolute atomic E-state index is 13.5. The van der Waals surface area contributed by atoms with E-state index in [1.807, 2.05) is 4.57 Å². The van der Waals surface area contributed by atoms with Gasteiger partial charge in [-0.3, -0.25) is 0 Å². The second-order valence-electron chi connectivity index (χ2n) is 4.81. The Morgan fingerprint density at radius 2 is 2.18 bits per heavy atom. The van der Waals surface area contributed by atoms with E-state index in [-0.39, 0.29) is 5.02 Å². The molecule has 1 heterocycles. The summed E-state index contributed by atoms with van der Waals surface area (Å²) >= 11 is 11.1. The third kappa shape index (κ3) is 1.70. The Labute approximate surface area is 108 Å². The zero-order valence-electron chi connectivity index (χ0n) is 9.34. The van der Waals surface area contributed by atoms with Crippen molar-refractivity contribution >= 4 is 34.9 Å². The molecule has 3 rings (SSSR count). The molecule has 0 saturated heterocycles. The second-order valence-corrected chi connectivity index (χ2v) is 5.61. The third-order valence-electron chi connectivity index (χ3n) is 3.47. The van der Waals surface area contributed by atoms with Crippen LogP contribution in [-0.2, 0) is 0 Å². The normalized spacial score (nSPS) is 23.9. The Hall–Kier alpha value is -0.870. The van der Waals surface area contributed by atoms with Gasteiger partial charge < -0.3 is 9.55 Å². The molecule has 90 valence electrons. The SMILES string of the molecule is CC1CC(n2c(=S)[nH]c3cc(Cl)c(F)cc32)C1. The van der Waals surface area contributed by atoms with E-state index >= 15 is 0 Å². The Morgan fingerprint density at radius 1 is 1.47 bits per heavy atom. The lowest BCUT2D eigenvalue weighted by Crippen LogP contribution is -2.24. The van der Waals surface area contributed by atoms with E-state index in [2.05, 4.69) is 11.9 Å². The molecule has 1 aromatic heterocycles. The lowest BCUT2D eigenvalue weighted by Gasteiger charge is -2.34. The van der Waals surface area contributed by atoms with E-state index in [0.29, 0.717) is 10.8 Å². The number of nitrogens with zero attached hydrogens (tertiary/aromatic N) is 1. The van der Waals surface area contributed by atoms with E-state index in [9.17, 15) is 4.39 Å². The Morgan fingerprint density at radius 3 is 2.82 bits per heavy atom. The molecule has 2 nitrogen and oxygen atoms in total. The van der Waals surface area contributed by atoms with Gasteiger partial charge in [0.05, 0.1) is 16.1 Å². The average molecular weight is 271 g/mol. The maximum Gasteiger partial charge on any atom is 0.178 e. The molecular weight excluding hydrogens is 259 g/mol. The number of H-pyrrole nitrogens is 1. The van der Waals surface area contributed by atoms with Crippen molar-refractivity contribution in [2.24, 2.45) is 5.92 Å². The summed E-state index contributed by atoms with van der Waals surface area (Å²) in [5.74, 6) is 0.332. The summed E-state index contributed by atoms with van der Waals surface area (Å²) < 4.78 is 16.2. The van der Waals surface area contributed by atoms with Gasteiger partial charge in [0.25, 0.3) is 0 Å². The summed E-state index contributed by atoms with van der Waals surface area (Å²) in [6, 6.07) is 3.46. The number of aromatic nitrogens is 2. The van der Waals surface area contributed by atoms with Gasteiger partial charge in [0.15, 0.2) is 4.77 Å². The topological polar surface area (TPSA) is 20.7 Å². The summed E-state index contributed by atoms with van der Waals surface area (Å²) in [4.78, 5) is 3.09. The predicted octanol–water partition coefficient (Wildman–Crippen LogP) is 4.46. The number of hydrogen-bond donors (Lipinski definition) is 1. The third-order valence-corrected chi connectivity index (χ3v) is 4.06. The molecule has 1 aliphatic carbocycles. The molecule has 2 aromatic rings. The number of hydrogen-bond acceptors (Lipinski definition) is 1. The first-order valence-electron chi connectivity index (χ1n) is 5.65. The Balaban J connectivity index is 2.20. The molecule has 1 aromatic carbocycles. The van der Waals surface area contributed by atoms with Crippen molar-refractivity contribution in [3.8, 4) is 0 Å². The van der Waals surface area contributed by atoms with E-state index in [1.54, 1.807) is 6.07 Å². The highest BCUT2D eigenvalue weighted by molar-refractivity contribution is 7.71. The number of benzene rings is 1. The zero-order valence-corrected chi connectivity index (χ0v) is 10.9. The van der Waals surface area contributed by atoms with Crippen LogP contribution in [0.3, 0.4) is 0 Å². The van der Waals surface area contributed by atoms with Crippen LogP contribution < -0.4 is 0 Å². The summed E-state index contributed by atoms with van der Waals surface area (Å²) in [5.41, 5.74) is 1.62. The van der Waals surface area contributed by atoms with Gasteiger partial charge >= 0.3 is 0 Å². The zero-order chi connectivity index (χ0) is 12.2. The minimum Gasteiger partial charge on any atom is -0.331 e. The smallest absolute Gasteiger partial charge is 0.178 e. The van der Waals surface area contributed by atoms with Crippen molar-refractivity contribution in [3.05, 3.63) is 27.7 Å². The summed E-state index contributed by atoms with van der Waals surface area (Å²) in [6.45, 7) is 2.21. The molecule has 0 spiro atoms. The van der Waals surface area contributed by atoms with Crippen LogP contribution in [0.4, 0.5) is 4.39 Å². The lowest BCUT2D eigenvalue weighted by atomic mass is 9.81. The van der Waals surface area contributed by atoms with Crippen molar-refractivity contribution in [2.75, 3.05) is 0 Å². The van der Waals surface area contributed by atoms with Crippen molar-refractivity contribution < 1.29 is 4.39 Å². The molecule has 0 aliphatic heterocycles. The van der Waals surface area contributed by atoms with Crippen LogP contribution in [0.15, 0.2) is 12.1 Å². The second kappa shape index (κ2) is 3.82. The number of rotatable bonds is 1. The lowest BCUT2D eigenvalue weighted by molar-refractivity contribution is 0.219. The molecule has 0 bridgehead atoms. The molecule has 0 amide bonds. The minimum absolute atomic E-state index is 0.128. The molecule has 1 saturated carbocycles. The average Bonchev–Trinajstić information content (AvgIpc) is 2.51. The Kier molecular flexibility index (Phi) is 2.52. The highest BCUT2D eigenvalue weighted by Crippen LogP contribution is 2.39. The predicted molar refractivity (Wildman–Crippen MR) is 69.5 cm³/mol. The number of nitrogens with one attached hydrogen (secondary N) is 1. The fourth-order valence-corrected chi connectivity index (χ4v) is 3.07. The van der Waals surface area contributed by atoms with Gasteiger partial charge in [-0.1, -0.05) is 18.5 Å². The van der Waals surface area contributed by atoms with Crippen LogP contribution >= 0.6 is 23.8 Å². The van der Waals surface area contributed by atoms with Crippen molar-refractivity contribution in [1.82, 2.24) is 9.55 Å². The number of fused-ring (bicyclic) bond motifs is 1. The highest BCUT2D eigenvalue weighted by Gasteiger charge is 2.28. The van der Waals surface area contributed by atoms with E-state index in [1.165, 1.54) is 6.07 Å². The molecule has 0 radical (unpaired) electrons. The van der Waals surface area contributed by atoms with Crippen molar-refractivity contribution in [1.29, 1.82) is 0 Å². The minimum atomic E-state index is -0.394. The first kappa shape index (κ1) is 11.2. The Bertz CT molecular complexity index is 640. The van der Waals surface area contributed by atoms with Crippen LogP contribution in [-0.4, -0.2) is 9.55 Å². The number of halogens is 2. The molecule has 0 unspecified atom stereocenters. The molecule has 0 atom stereocenters. The van der Waals surface area contributed by atoms with Gasteiger partial charge in [-0.25, -0.2) is 4.39 Å². The van der Waals surface area contributed by atoms with Gasteiger partial charge in [-0.15, -0.1) is 0 Å².